The van der Waals surface area contributed by atoms with Crippen molar-refractivity contribution in [1.82, 2.24) is 0 Å². The van der Waals surface area contributed by atoms with Crippen LogP contribution in [0.2, 0.25) is 0 Å². The van der Waals surface area contributed by atoms with Gasteiger partial charge in [0.1, 0.15) is 5.75 Å². The highest BCUT2D eigenvalue weighted by Gasteiger charge is 2.19. The van der Waals surface area contributed by atoms with E-state index >= 15 is 0 Å². The molecule has 0 aliphatic carbocycles. The van der Waals surface area contributed by atoms with Gasteiger partial charge in [-0.15, -0.1) is 12.6 Å². The van der Waals surface area contributed by atoms with E-state index in [1.807, 2.05) is 30.5 Å². The van der Waals surface area contributed by atoms with Crippen LogP contribution < -0.4 is 4.74 Å². The highest BCUT2D eigenvalue weighted by atomic mass is 32.1. The van der Waals surface area contributed by atoms with Crippen LogP contribution >= 0.6 is 12.6 Å². The van der Waals surface area contributed by atoms with Gasteiger partial charge in [0.2, 0.25) is 0 Å². The van der Waals surface area contributed by atoms with Crippen LogP contribution in [0.4, 0.5) is 0 Å². The molecule has 0 amide bonds. The van der Waals surface area contributed by atoms with E-state index in [-0.39, 0.29) is 5.41 Å². The largest absolute Gasteiger partial charge is 0.497 e. The molecule has 2 rings (SSSR count). The summed E-state index contributed by atoms with van der Waals surface area (Å²) in [6, 6.07) is 14.2. The summed E-state index contributed by atoms with van der Waals surface area (Å²) in [6.45, 7) is 7.18. The highest BCUT2D eigenvalue weighted by molar-refractivity contribution is 7.80. The summed E-state index contributed by atoms with van der Waals surface area (Å²) in [5, 5.41) is 0. The number of hydrogen-bond donors (Lipinski definition) is 1. The first-order chi connectivity index (χ1) is 10.4. The van der Waals surface area contributed by atoms with Gasteiger partial charge in [0.25, 0.3) is 0 Å². The standard InChI is InChI=1S/C19H23NOS/c1-19(2,3)17-11-16(21-4)10-15(18(17)22)13-20-12-14-8-6-5-7-9-14/h5-11,13,22H,12H2,1-4H3. The first kappa shape index (κ1) is 16.6. The molecule has 0 aliphatic rings. The average molecular weight is 313 g/mol. The van der Waals surface area contributed by atoms with E-state index in [2.05, 4.69) is 44.0 Å². The summed E-state index contributed by atoms with van der Waals surface area (Å²) in [7, 11) is 1.69. The predicted molar refractivity (Wildman–Crippen MR) is 96.7 cm³/mol. The van der Waals surface area contributed by atoms with Crippen molar-refractivity contribution >= 4 is 18.8 Å². The van der Waals surface area contributed by atoms with Crippen molar-refractivity contribution in [2.24, 2.45) is 4.99 Å². The van der Waals surface area contributed by atoms with Gasteiger partial charge in [0.15, 0.2) is 0 Å². The van der Waals surface area contributed by atoms with Crippen molar-refractivity contribution in [3.63, 3.8) is 0 Å². The lowest BCUT2D eigenvalue weighted by Crippen LogP contribution is -2.13. The Hall–Kier alpha value is -1.74. The Morgan fingerprint density at radius 2 is 1.82 bits per heavy atom. The van der Waals surface area contributed by atoms with E-state index in [1.165, 1.54) is 5.56 Å². The van der Waals surface area contributed by atoms with Gasteiger partial charge in [0.05, 0.1) is 13.7 Å². The number of rotatable bonds is 4. The lowest BCUT2D eigenvalue weighted by molar-refractivity contribution is 0.412. The van der Waals surface area contributed by atoms with Crippen LogP contribution in [0.5, 0.6) is 5.75 Å². The van der Waals surface area contributed by atoms with Crippen molar-refractivity contribution in [2.45, 2.75) is 37.6 Å². The normalized spacial score (nSPS) is 11.9. The Morgan fingerprint density at radius 3 is 2.41 bits per heavy atom. The molecule has 0 bridgehead atoms. The third kappa shape index (κ3) is 4.14. The topological polar surface area (TPSA) is 21.6 Å². The molecule has 0 atom stereocenters. The van der Waals surface area contributed by atoms with Crippen molar-refractivity contribution in [2.75, 3.05) is 7.11 Å². The van der Waals surface area contributed by atoms with Crippen LogP contribution in [-0.4, -0.2) is 13.3 Å². The smallest absolute Gasteiger partial charge is 0.119 e. The monoisotopic (exact) mass is 313 g/mol. The van der Waals surface area contributed by atoms with Crippen LogP contribution in [0.25, 0.3) is 0 Å². The number of benzene rings is 2. The third-order valence-electron chi connectivity index (χ3n) is 3.50. The Bertz CT molecular complexity index is 657. The molecule has 2 aromatic rings. The fourth-order valence-electron chi connectivity index (χ4n) is 2.25. The fourth-order valence-corrected chi connectivity index (χ4v) is 2.77. The highest BCUT2D eigenvalue weighted by Crippen LogP contribution is 2.33. The van der Waals surface area contributed by atoms with Gasteiger partial charge < -0.3 is 4.74 Å². The summed E-state index contributed by atoms with van der Waals surface area (Å²) in [6.07, 6.45) is 1.88. The average Bonchev–Trinajstić information content (AvgIpc) is 2.49. The molecule has 0 fully saturated rings. The summed E-state index contributed by atoms with van der Waals surface area (Å²) in [5.41, 5.74) is 3.35. The molecule has 0 saturated carbocycles. The molecule has 0 aliphatic heterocycles. The molecule has 2 aromatic carbocycles. The van der Waals surface area contributed by atoms with Gasteiger partial charge in [-0.3, -0.25) is 4.99 Å². The van der Waals surface area contributed by atoms with Crippen LogP contribution in [0.15, 0.2) is 52.4 Å². The zero-order chi connectivity index (χ0) is 16.2. The molecule has 3 heteroatoms. The Morgan fingerprint density at radius 1 is 1.14 bits per heavy atom. The van der Waals surface area contributed by atoms with Crippen molar-refractivity contribution in [1.29, 1.82) is 0 Å². The maximum Gasteiger partial charge on any atom is 0.119 e. The van der Waals surface area contributed by atoms with E-state index < -0.39 is 0 Å². The zero-order valence-corrected chi connectivity index (χ0v) is 14.5. The number of ether oxygens (including phenoxy) is 1. The summed E-state index contributed by atoms with van der Waals surface area (Å²) in [4.78, 5) is 5.50. The van der Waals surface area contributed by atoms with Crippen LogP contribution in [0.1, 0.15) is 37.5 Å². The fraction of sp³-hybridized carbons (Fsp3) is 0.316. The minimum atomic E-state index is 0.00758. The second-order valence-corrected chi connectivity index (χ2v) is 6.77. The van der Waals surface area contributed by atoms with Gasteiger partial charge in [-0.25, -0.2) is 0 Å². The van der Waals surface area contributed by atoms with Gasteiger partial charge in [0, 0.05) is 16.7 Å². The second-order valence-electron chi connectivity index (χ2n) is 6.32. The first-order valence-electron chi connectivity index (χ1n) is 7.37. The lowest BCUT2D eigenvalue weighted by Gasteiger charge is -2.23. The number of hydrogen-bond acceptors (Lipinski definition) is 3. The summed E-state index contributed by atoms with van der Waals surface area (Å²) in [5.74, 6) is 0.837. The maximum atomic E-state index is 5.41. The number of aliphatic imine (C=N–C) groups is 1. The van der Waals surface area contributed by atoms with E-state index in [0.717, 1.165) is 21.8 Å². The van der Waals surface area contributed by atoms with Gasteiger partial charge in [-0.1, -0.05) is 51.1 Å². The molecule has 0 radical (unpaired) electrons. The molecule has 0 spiro atoms. The Balaban J connectivity index is 2.30. The number of thiol groups is 1. The maximum absolute atomic E-state index is 5.41. The second kappa shape index (κ2) is 7.01. The van der Waals surface area contributed by atoms with Crippen molar-refractivity contribution in [3.8, 4) is 5.75 Å². The molecule has 0 N–H and O–H groups in total. The number of methoxy groups -OCH3 is 1. The van der Waals surface area contributed by atoms with E-state index in [0.29, 0.717) is 6.54 Å². The molecule has 0 saturated heterocycles. The Labute approximate surface area is 138 Å². The number of nitrogens with zero attached hydrogens (tertiary/aromatic N) is 1. The summed E-state index contributed by atoms with van der Waals surface area (Å²) >= 11 is 4.70. The first-order valence-corrected chi connectivity index (χ1v) is 7.82. The molecule has 2 nitrogen and oxygen atoms in total. The van der Waals surface area contributed by atoms with Crippen molar-refractivity contribution < 1.29 is 4.74 Å². The molecule has 0 heterocycles. The van der Waals surface area contributed by atoms with Gasteiger partial charge in [-0.2, -0.15) is 0 Å². The molecule has 116 valence electrons. The van der Waals surface area contributed by atoms with Crippen LogP contribution in [-0.2, 0) is 12.0 Å². The zero-order valence-electron chi connectivity index (χ0n) is 13.6. The van der Waals surface area contributed by atoms with Crippen molar-refractivity contribution in [3.05, 3.63) is 59.2 Å². The molecule has 22 heavy (non-hydrogen) atoms. The molecular weight excluding hydrogens is 290 g/mol. The van der Waals surface area contributed by atoms with E-state index in [1.54, 1.807) is 7.11 Å². The lowest BCUT2D eigenvalue weighted by atomic mass is 9.86. The summed E-state index contributed by atoms with van der Waals surface area (Å²) < 4.78 is 5.41. The van der Waals surface area contributed by atoms with E-state index in [9.17, 15) is 0 Å². The molecule has 0 unspecified atom stereocenters. The Kier molecular flexibility index (Phi) is 5.30. The van der Waals surface area contributed by atoms with E-state index in [4.69, 9.17) is 17.4 Å². The van der Waals surface area contributed by atoms with Gasteiger partial charge in [-0.05, 0) is 28.7 Å². The molecular formula is C19H23NOS. The third-order valence-corrected chi connectivity index (χ3v) is 4.00. The van der Waals surface area contributed by atoms with Crippen LogP contribution in [0, 0.1) is 0 Å². The predicted octanol–water partition coefficient (Wildman–Crippen LogP) is 4.90. The minimum Gasteiger partial charge on any atom is -0.497 e. The van der Waals surface area contributed by atoms with Crippen LogP contribution in [0.3, 0.4) is 0 Å². The quantitative estimate of drug-likeness (QED) is 0.629. The molecule has 0 aromatic heterocycles. The minimum absolute atomic E-state index is 0.00758. The van der Waals surface area contributed by atoms with Gasteiger partial charge >= 0.3 is 0 Å². The SMILES string of the molecule is COc1cc(C=NCc2ccccc2)c(S)c(C(C)(C)C)c1.